The fourth-order valence-electron chi connectivity index (χ4n) is 5.33. The lowest BCUT2D eigenvalue weighted by Gasteiger charge is -2.24. The van der Waals surface area contributed by atoms with Crippen molar-refractivity contribution in [3.8, 4) is 11.4 Å². The number of allylic oxidation sites excluding steroid dienone is 1. The number of esters is 1. The number of halogens is 1. The minimum Gasteiger partial charge on any atom is -0.463 e. The maximum atomic E-state index is 14.1. The van der Waals surface area contributed by atoms with Gasteiger partial charge in [-0.15, -0.1) is 10.2 Å². The van der Waals surface area contributed by atoms with Crippen LogP contribution in [0.5, 0.6) is 0 Å². The number of thiazole rings is 1. The molecule has 11 nitrogen and oxygen atoms in total. The van der Waals surface area contributed by atoms with Crippen molar-refractivity contribution >= 4 is 52.4 Å². The summed E-state index contributed by atoms with van der Waals surface area (Å²) >= 11 is 8.65. The Hall–Kier alpha value is -4.85. The summed E-state index contributed by atoms with van der Waals surface area (Å²) in [4.78, 5) is 44.3. The Kier molecular flexibility index (Phi) is 9.21. The molecule has 1 aliphatic heterocycles. The van der Waals surface area contributed by atoms with E-state index < -0.39 is 16.9 Å². The maximum absolute atomic E-state index is 14.1. The first-order valence-corrected chi connectivity index (χ1v) is 16.6. The van der Waals surface area contributed by atoms with Gasteiger partial charge in [0, 0.05) is 34.2 Å². The molecule has 1 aliphatic rings. The van der Waals surface area contributed by atoms with Crippen LogP contribution < -0.4 is 14.9 Å². The molecular weight excluding hydrogens is 660 g/mol. The zero-order valence-electron chi connectivity index (χ0n) is 25.4. The number of nitro benzene ring substituents is 1. The predicted molar refractivity (Wildman–Crippen MR) is 180 cm³/mol. The van der Waals surface area contributed by atoms with Gasteiger partial charge in [-0.1, -0.05) is 65.4 Å². The molecule has 5 aromatic rings. The average molecular weight is 687 g/mol. The Morgan fingerprint density at radius 1 is 1.11 bits per heavy atom. The van der Waals surface area contributed by atoms with Gasteiger partial charge in [0.15, 0.2) is 15.8 Å². The van der Waals surface area contributed by atoms with Crippen LogP contribution in [0.15, 0.2) is 104 Å². The molecule has 0 saturated carbocycles. The predicted octanol–water partition coefficient (Wildman–Crippen LogP) is 5.79. The molecule has 0 amide bonds. The summed E-state index contributed by atoms with van der Waals surface area (Å²) < 4.78 is 9.07. The molecular formula is C33H27ClN6O5S2. The molecule has 2 aromatic heterocycles. The van der Waals surface area contributed by atoms with E-state index in [1.54, 1.807) is 38.1 Å². The van der Waals surface area contributed by atoms with Crippen molar-refractivity contribution < 1.29 is 14.5 Å². The number of ether oxygens (including phenoxy) is 1. The zero-order valence-corrected chi connectivity index (χ0v) is 27.8. The average Bonchev–Trinajstić information content (AvgIpc) is 3.60. The number of aromatic nitrogens is 4. The topological polar surface area (TPSA) is 135 Å². The van der Waals surface area contributed by atoms with Gasteiger partial charge in [0.1, 0.15) is 0 Å². The third-order valence-corrected chi connectivity index (χ3v) is 9.73. The van der Waals surface area contributed by atoms with Crippen LogP contribution in [0.2, 0.25) is 5.02 Å². The van der Waals surface area contributed by atoms with E-state index in [-0.39, 0.29) is 23.4 Å². The minimum absolute atomic E-state index is 0.132. The van der Waals surface area contributed by atoms with Crippen LogP contribution in [-0.4, -0.2) is 36.8 Å². The molecule has 0 spiro atoms. The van der Waals surface area contributed by atoms with Crippen LogP contribution in [-0.2, 0) is 16.1 Å². The van der Waals surface area contributed by atoms with Gasteiger partial charge in [0.05, 0.1) is 33.4 Å². The van der Waals surface area contributed by atoms with Crippen molar-refractivity contribution in [3.63, 3.8) is 0 Å². The van der Waals surface area contributed by atoms with Crippen molar-refractivity contribution in [2.45, 2.75) is 43.4 Å². The lowest BCUT2D eigenvalue weighted by Crippen LogP contribution is -2.39. The van der Waals surface area contributed by atoms with Gasteiger partial charge >= 0.3 is 5.97 Å². The number of hydrogen-bond acceptors (Lipinski definition) is 10. The van der Waals surface area contributed by atoms with Crippen molar-refractivity contribution in [1.82, 2.24) is 19.3 Å². The summed E-state index contributed by atoms with van der Waals surface area (Å²) in [5.41, 5.74) is 2.17. The number of non-ortho nitro benzene ring substituents is 1. The monoisotopic (exact) mass is 686 g/mol. The number of rotatable bonds is 9. The lowest BCUT2D eigenvalue weighted by molar-refractivity contribution is -0.384. The molecule has 47 heavy (non-hydrogen) atoms. The fourth-order valence-corrected chi connectivity index (χ4v) is 7.53. The molecule has 14 heteroatoms. The van der Waals surface area contributed by atoms with E-state index in [1.165, 1.54) is 28.5 Å². The summed E-state index contributed by atoms with van der Waals surface area (Å²) in [6.07, 6.45) is 1.62. The summed E-state index contributed by atoms with van der Waals surface area (Å²) in [5, 5.41) is 21.7. The molecule has 238 valence electrons. The van der Waals surface area contributed by atoms with Gasteiger partial charge < -0.3 is 9.30 Å². The third kappa shape index (κ3) is 6.29. The first-order chi connectivity index (χ1) is 22.7. The summed E-state index contributed by atoms with van der Waals surface area (Å²) in [6, 6.07) is 20.2. The highest BCUT2D eigenvalue weighted by molar-refractivity contribution is 7.99. The Balaban J connectivity index is 1.49. The second kappa shape index (κ2) is 13.5. The molecule has 0 fully saturated rings. The summed E-state index contributed by atoms with van der Waals surface area (Å²) in [5.74, 6) is 0.0781. The molecule has 0 N–H and O–H groups in total. The number of nitro groups is 1. The number of carbonyl (C=O) groups is 1. The molecule has 0 bridgehead atoms. The molecule has 1 atom stereocenters. The van der Waals surface area contributed by atoms with Gasteiger partial charge in [-0.05, 0) is 67.9 Å². The smallest absolute Gasteiger partial charge is 0.338 e. The largest absolute Gasteiger partial charge is 0.463 e. The highest BCUT2D eigenvalue weighted by Crippen LogP contribution is 2.35. The van der Waals surface area contributed by atoms with E-state index >= 15 is 0 Å². The van der Waals surface area contributed by atoms with E-state index in [1.807, 2.05) is 54.0 Å². The molecule has 6 rings (SSSR count). The van der Waals surface area contributed by atoms with Crippen molar-refractivity contribution in [1.29, 1.82) is 0 Å². The van der Waals surface area contributed by atoms with E-state index in [0.29, 0.717) is 48.0 Å². The zero-order chi connectivity index (χ0) is 33.2. The van der Waals surface area contributed by atoms with E-state index in [2.05, 4.69) is 15.2 Å². The number of fused-ring (bicyclic) bond motifs is 1. The number of carbonyl (C=O) groups excluding carboxylic acids is 1. The minimum atomic E-state index is -0.763. The molecule has 3 heterocycles. The normalized spacial score (nSPS) is 14.6. The van der Waals surface area contributed by atoms with Gasteiger partial charge in [0.25, 0.3) is 11.2 Å². The van der Waals surface area contributed by atoms with Crippen LogP contribution in [0.3, 0.4) is 0 Å². The summed E-state index contributed by atoms with van der Waals surface area (Å²) in [7, 11) is 0. The molecule has 0 unspecified atom stereocenters. The van der Waals surface area contributed by atoms with Crippen LogP contribution in [0, 0.1) is 10.1 Å². The first kappa shape index (κ1) is 32.1. The standard InChI is InChI=1S/C33H27ClN6O5S2/c1-4-38-29(21-12-9-13-23(34)16-21)36-37-33(38)46-25-15-14-24(40(43)44)17-22(25)18-26-30(41)39-28(20-10-7-6-8-11-20)27(31(42)45-5-2)19(3)35-32(39)47-26/h6-18,28H,4-5H2,1-3H3/b26-18+/t28-/m1/s1. The third-order valence-electron chi connectivity index (χ3n) is 7.44. The number of benzene rings is 3. The molecule has 0 saturated heterocycles. The van der Waals surface area contributed by atoms with E-state index in [0.717, 1.165) is 22.5 Å². The van der Waals surface area contributed by atoms with Crippen molar-refractivity contribution in [2.75, 3.05) is 6.61 Å². The van der Waals surface area contributed by atoms with Gasteiger partial charge in [-0.2, -0.15) is 0 Å². The summed E-state index contributed by atoms with van der Waals surface area (Å²) in [6.45, 7) is 6.13. The highest BCUT2D eigenvalue weighted by Gasteiger charge is 2.33. The lowest BCUT2D eigenvalue weighted by atomic mass is 9.96. The highest BCUT2D eigenvalue weighted by atomic mass is 35.5. The van der Waals surface area contributed by atoms with Gasteiger partial charge in [-0.3, -0.25) is 19.5 Å². The van der Waals surface area contributed by atoms with Crippen molar-refractivity contribution in [3.05, 3.63) is 130 Å². The number of nitrogens with zero attached hydrogens (tertiary/aromatic N) is 6. The van der Waals surface area contributed by atoms with Crippen LogP contribution in [0.4, 0.5) is 5.69 Å². The second-order valence-electron chi connectivity index (χ2n) is 10.4. The molecule has 0 radical (unpaired) electrons. The fraction of sp³-hybridized carbons (Fsp3) is 0.182. The first-order valence-electron chi connectivity index (χ1n) is 14.6. The maximum Gasteiger partial charge on any atom is 0.338 e. The number of hydrogen-bond donors (Lipinski definition) is 0. The van der Waals surface area contributed by atoms with Gasteiger partial charge in [0.2, 0.25) is 0 Å². The Labute approximate surface area is 281 Å². The second-order valence-corrected chi connectivity index (χ2v) is 12.8. The quantitative estimate of drug-likeness (QED) is 0.108. The SMILES string of the molecule is CCOC(=O)C1=C(C)N=c2s/c(=C/c3cc([N+](=O)[O-])ccc3Sc3nnc(-c4cccc(Cl)c4)n3CC)c(=O)n2[C@@H]1c1ccccc1. The molecule has 3 aromatic carbocycles. The van der Waals surface area contributed by atoms with E-state index in [9.17, 15) is 19.7 Å². The van der Waals surface area contributed by atoms with Crippen LogP contribution >= 0.6 is 34.7 Å². The van der Waals surface area contributed by atoms with Crippen LogP contribution in [0.25, 0.3) is 17.5 Å². The van der Waals surface area contributed by atoms with Crippen molar-refractivity contribution in [2.24, 2.45) is 4.99 Å². The Morgan fingerprint density at radius 3 is 2.60 bits per heavy atom. The Bertz CT molecular complexity index is 2240. The Morgan fingerprint density at radius 2 is 1.89 bits per heavy atom. The molecule has 0 aliphatic carbocycles. The van der Waals surface area contributed by atoms with Crippen LogP contribution in [0.1, 0.15) is 37.9 Å². The van der Waals surface area contributed by atoms with Gasteiger partial charge in [-0.25, -0.2) is 9.79 Å². The van der Waals surface area contributed by atoms with E-state index in [4.69, 9.17) is 16.3 Å².